The molecule has 1 aromatic carbocycles. The average Bonchev–Trinajstić information content (AvgIpc) is 2.66. The molecule has 1 N–H and O–H groups in total. The van der Waals surface area contributed by atoms with Gasteiger partial charge in [0.1, 0.15) is 5.82 Å². The second kappa shape index (κ2) is 8.67. The number of nitrogens with one attached hydrogen (secondary N) is 1. The quantitative estimate of drug-likeness (QED) is 0.715. The van der Waals surface area contributed by atoms with Crippen LogP contribution in [-0.2, 0) is 16.0 Å². The Kier molecular flexibility index (Phi) is 6.26. The minimum Gasteiger partial charge on any atom is -0.383 e. The van der Waals surface area contributed by atoms with Crippen LogP contribution in [0.2, 0.25) is 5.02 Å². The molecule has 0 unspecified atom stereocenters. The molecular formula is C20H23ClN4O3. The minimum absolute atomic E-state index is 0.0799. The Hall–Kier alpha value is -2.51. The van der Waals surface area contributed by atoms with E-state index < -0.39 is 5.41 Å². The Labute approximate surface area is 169 Å². The molecule has 0 spiro atoms. The zero-order chi connectivity index (χ0) is 20.1. The number of hydrogen-bond donors (Lipinski definition) is 1. The molecule has 8 heteroatoms. The smallest absolute Gasteiger partial charge is 0.257 e. The highest BCUT2D eigenvalue weighted by Crippen LogP contribution is 2.36. The van der Waals surface area contributed by atoms with Crippen LogP contribution in [0.3, 0.4) is 0 Å². The summed E-state index contributed by atoms with van der Waals surface area (Å²) in [5, 5.41) is 3.56. The number of carbonyl (C=O) groups excluding carboxylic acids is 2. The lowest BCUT2D eigenvalue weighted by Gasteiger charge is -2.49. The summed E-state index contributed by atoms with van der Waals surface area (Å²) in [6, 6.07) is 7.42. The molecule has 3 rings (SSSR count). The number of halogens is 1. The van der Waals surface area contributed by atoms with Gasteiger partial charge in [-0.25, -0.2) is 9.97 Å². The van der Waals surface area contributed by atoms with Gasteiger partial charge in [0.05, 0.1) is 17.6 Å². The molecule has 1 fully saturated rings. The van der Waals surface area contributed by atoms with Crippen molar-refractivity contribution in [2.75, 3.05) is 33.4 Å². The molecule has 2 aromatic rings. The maximum Gasteiger partial charge on any atom is 0.257 e. The number of nitrogens with zero attached hydrogens (tertiary/aromatic N) is 3. The number of rotatable bonds is 7. The highest BCUT2D eigenvalue weighted by Gasteiger charge is 2.50. The monoisotopic (exact) mass is 402 g/mol. The number of aryl methyl sites for hydroxylation is 1. The molecule has 0 aliphatic carbocycles. The summed E-state index contributed by atoms with van der Waals surface area (Å²) in [5.41, 5.74) is 0.741. The molecule has 28 heavy (non-hydrogen) atoms. The third-order valence-corrected chi connectivity index (χ3v) is 5.08. The highest BCUT2D eigenvalue weighted by molar-refractivity contribution is 6.30. The number of benzene rings is 1. The zero-order valence-corrected chi connectivity index (χ0v) is 16.7. The van der Waals surface area contributed by atoms with Crippen molar-refractivity contribution in [1.82, 2.24) is 20.2 Å². The van der Waals surface area contributed by atoms with Crippen LogP contribution in [0.1, 0.15) is 21.7 Å². The van der Waals surface area contributed by atoms with Crippen molar-refractivity contribution in [3.05, 3.63) is 58.6 Å². The van der Waals surface area contributed by atoms with Crippen LogP contribution < -0.4 is 5.32 Å². The molecule has 1 saturated heterocycles. The average molecular weight is 403 g/mol. The summed E-state index contributed by atoms with van der Waals surface area (Å²) in [4.78, 5) is 35.4. The largest absolute Gasteiger partial charge is 0.383 e. The van der Waals surface area contributed by atoms with Crippen LogP contribution in [0.25, 0.3) is 0 Å². The van der Waals surface area contributed by atoms with Crippen LogP contribution in [0.4, 0.5) is 0 Å². The number of hydrogen-bond acceptors (Lipinski definition) is 5. The van der Waals surface area contributed by atoms with E-state index in [0.717, 1.165) is 5.56 Å². The second-order valence-corrected chi connectivity index (χ2v) is 7.45. The lowest BCUT2D eigenvalue weighted by atomic mass is 9.73. The zero-order valence-electron chi connectivity index (χ0n) is 15.9. The predicted octanol–water partition coefficient (Wildman–Crippen LogP) is 1.89. The Morgan fingerprint density at radius 3 is 2.46 bits per heavy atom. The van der Waals surface area contributed by atoms with E-state index in [9.17, 15) is 9.59 Å². The van der Waals surface area contributed by atoms with Gasteiger partial charge in [0.15, 0.2) is 0 Å². The molecule has 2 heterocycles. The number of ether oxygens (including phenoxy) is 1. The van der Waals surface area contributed by atoms with E-state index in [4.69, 9.17) is 16.3 Å². The standard InChI is InChI=1S/C20H23ClN4O3/c1-14-23-10-16(11-24-14)18(26)25-12-20(13-25,19(27)22-7-8-28-2)9-15-3-5-17(21)6-4-15/h3-6,10-11H,7-9,12-13H2,1-2H3,(H,22,27). The fourth-order valence-electron chi connectivity index (χ4n) is 3.30. The molecular weight excluding hydrogens is 380 g/mol. The summed E-state index contributed by atoms with van der Waals surface area (Å²) in [6.07, 6.45) is 3.56. The van der Waals surface area contributed by atoms with Gasteiger partial charge in [-0.1, -0.05) is 23.7 Å². The second-order valence-electron chi connectivity index (χ2n) is 7.01. The highest BCUT2D eigenvalue weighted by atomic mass is 35.5. The molecule has 0 bridgehead atoms. The van der Waals surface area contributed by atoms with Gasteiger partial charge in [-0.15, -0.1) is 0 Å². The van der Waals surface area contributed by atoms with E-state index in [2.05, 4.69) is 15.3 Å². The third-order valence-electron chi connectivity index (χ3n) is 4.83. The first kappa shape index (κ1) is 20.2. The van der Waals surface area contributed by atoms with E-state index >= 15 is 0 Å². The number of methoxy groups -OCH3 is 1. The van der Waals surface area contributed by atoms with Gasteiger partial charge in [-0.3, -0.25) is 9.59 Å². The van der Waals surface area contributed by atoms with Gasteiger partial charge in [0.25, 0.3) is 5.91 Å². The van der Waals surface area contributed by atoms with E-state index in [0.29, 0.717) is 49.1 Å². The maximum atomic E-state index is 12.9. The first-order chi connectivity index (χ1) is 13.4. The summed E-state index contributed by atoms with van der Waals surface area (Å²) in [7, 11) is 1.59. The number of amides is 2. The maximum absolute atomic E-state index is 12.9. The minimum atomic E-state index is -0.678. The van der Waals surface area contributed by atoms with Gasteiger partial charge >= 0.3 is 0 Å². The number of likely N-dealkylation sites (tertiary alicyclic amines) is 1. The fourth-order valence-corrected chi connectivity index (χ4v) is 3.42. The summed E-state index contributed by atoms with van der Waals surface area (Å²) in [5.74, 6) is 0.356. The Balaban J connectivity index is 1.73. The third kappa shape index (κ3) is 4.48. The Morgan fingerprint density at radius 1 is 1.21 bits per heavy atom. The van der Waals surface area contributed by atoms with Crippen LogP contribution in [0, 0.1) is 12.3 Å². The first-order valence-corrected chi connectivity index (χ1v) is 9.41. The molecule has 0 atom stereocenters. The van der Waals surface area contributed by atoms with E-state index in [1.54, 1.807) is 31.1 Å². The van der Waals surface area contributed by atoms with Gasteiger partial charge in [0.2, 0.25) is 5.91 Å². The first-order valence-electron chi connectivity index (χ1n) is 9.03. The van der Waals surface area contributed by atoms with E-state index in [1.807, 2.05) is 12.1 Å². The summed E-state index contributed by atoms with van der Waals surface area (Å²) >= 11 is 5.96. The van der Waals surface area contributed by atoms with Gasteiger partial charge in [-0.2, -0.15) is 0 Å². The normalized spacial score (nSPS) is 15.0. The van der Waals surface area contributed by atoms with Crippen molar-refractivity contribution in [2.24, 2.45) is 5.41 Å². The molecule has 0 saturated carbocycles. The lowest BCUT2D eigenvalue weighted by molar-refractivity contribution is -0.139. The Bertz CT molecular complexity index is 834. The summed E-state index contributed by atoms with van der Waals surface area (Å²) in [6.45, 7) is 3.30. The van der Waals surface area contributed by atoms with Crippen LogP contribution >= 0.6 is 11.6 Å². The van der Waals surface area contributed by atoms with Crippen molar-refractivity contribution < 1.29 is 14.3 Å². The van der Waals surface area contributed by atoms with Crippen molar-refractivity contribution in [2.45, 2.75) is 13.3 Å². The van der Waals surface area contributed by atoms with Gasteiger partial charge < -0.3 is 15.0 Å². The molecule has 0 radical (unpaired) electrons. The van der Waals surface area contributed by atoms with Crippen molar-refractivity contribution in [3.63, 3.8) is 0 Å². The predicted molar refractivity (Wildman–Crippen MR) is 105 cm³/mol. The van der Waals surface area contributed by atoms with Gasteiger partial charge in [0, 0.05) is 44.2 Å². The molecule has 2 amide bonds. The molecule has 1 aliphatic heterocycles. The van der Waals surface area contributed by atoms with Crippen LogP contribution in [-0.4, -0.2) is 60.0 Å². The Morgan fingerprint density at radius 2 is 1.86 bits per heavy atom. The molecule has 148 valence electrons. The van der Waals surface area contributed by atoms with Crippen LogP contribution in [0.5, 0.6) is 0 Å². The van der Waals surface area contributed by atoms with Crippen molar-refractivity contribution in [1.29, 1.82) is 0 Å². The van der Waals surface area contributed by atoms with Gasteiger partial charge in [-0.05, 0) is 31.0 Å². The van der Waals surface area contributed by atoms with E-state index in [1.165, 1.54) is 12.4 Å². The van der Waals surface area contributed by atoms with Crippen molar-refractivity contribution in [3.8, 4) is 0 Å². The SMILES string of the molecule is COCCNC(=O)C1(Cc2ccc(Cl)cc2)CN(C(=O)c2cnc(C)nc2)C1. The number of carbonyl (C=O) groups is 2. The lowest BCUT2D eigenvalue weighted by Crippen LogP contribution is -2.65. The number of aromatic nitrogens is 2. The summed E-state index contributed by atoms with van der Waals surface area (Å²) < 4.78 is 5.01. The van der Waals surface area contributed by atoms with Crippen molar-refractivity contribution >= 4 is 23.4 Å². The topological polar surface area (TPSA) is 84.4 Å². The van der Waals surface area contributed by atoms with E-state index in [-0.39, 0.29) is 11.8 Å². The molecule has 7 nitrogen and oxygen atoms in total. The van der Waals surface area contributed by atoms with Crippen LogP contribution in [0.15, 0.2) is 36.7 Å². The molecule has 1 aromatic heterocycles. The molecule has 1 aliphatic rings. The fraction of sp³-hybridized carbons (Fsp3) is 0.400.